The van der Waals surface area contributed by atoms with E-state index >= 15 is 0 Å². The summed E-state index contributed by atoms with van der Waals surface area (Å²) < 4.78 is 20.7. The number of aliphatic hydroxyl groups excluding tert-OH is 4. The minimum Gasteiger partial charge on any atom is -0.394 e. The van der Waals surface area contributed by atoms with Gasteiger partial charge in [-0.05, 0) is 5.53 Å². The van der Waals surface area contributed by atoms with Crippen molar-refractivity contribution >= 4 is 0 Å². The molecule has 134 valence electrons. The fourth-order valence-corrected chi connectivity index (χ4v) is 1.90. The molecule has 0 aromatic carbocycles. The first-order chi connectivity index (χ1) is 11.1. The highest BCUT2D eigenvalue weighted by Crippen LogP contribution is 2.21. The van der Waals surface area contributed by atoms with Crippen molar-refractivity contribution in [3.8, 4) is 0 Å². The molecule has 1 fully saturated rings. The molecule has 1 rings (SSSR count). The Morgan fingerprint density at radius 2 is 1.61 bits per heavy atom. The lowest BCUT2D eigenvalue weighted by atomic mass is 9.99. The molecule has 0 aromatic rings. The van der Waals surface area contributed by atoms with E-state index in [9.17, 15) is 15.3 Å². The Bertz CT molecular complexity index is 366. The van der Waals surface area contributed by atoms with Crippen molar-refractivity contribution in [3.63, 3.8) is 0 Å². The van der Waals surface area contributed by atoms with Crippen LogP contribution in [0.15, 0.2) is 5.11 Å². The van der Waals surface area contributed by atoms with Gasteiger partial charge in [0.25, 0.3) is 0 Å². The number of azide groups is 1. The maximum atomic E-state index is 9.73. The zero-order valence-corrected chi connectivity index (χ0v) is 12.6. The molecule has 11 nitrogen and oxygen atoms in total. The van der Waals surface area contributed by atoms with Gasteiger partial charge >= 0.3 is 0 Å². The Morgan fingerprint density at radius 1 is 0.957 bits per heavy atom. The number of aliphatic hydroxyl groups is 4. The number of hydrogen-bond acceptors (Lipinski definition) is 9. The average molecular weight is 337 g/mol. The van der Waals surface area contributed by atoms with E-state index in [4.69, 9.17) is 29.6 Å². The van der Waals surface area contributed by atoms with E-state index in [2.05, 4.69) is 10.0 Å². The van der Waals surface area contributed by atoms with Gasteiger partial charge in [0.05, 0.1) is 39.6 Å². The van der Waals surface area contributed by atoms with Gasteiger partial charge in [-0.1, -0.05) is 5.11 Å². The Hall–Kier alpha value is -1.01. The van der Waals surface area contributed by atoms with Crippen LogP contribution in [0.2, 0.25) is 0 Å². The number of ether oxygens (including phenoxy) is 4. The standard InChI is InChI=1S/C12H23N3O8/c13-15-14-1-2-20-3-4-21-5-6-22-12-11(19)10(18)9(17)8(7-16)23-12/h8-12,16-19H,1-7H2/t8?,9-,10-,11?,12+/m0/s1. The van der Waals surface area contributed by atoms with Crippen LogP contribution in [0.5, 0.6) is 0 Å². The summed E-state index contributed by atoms with van der Waals surface area (Å²) in [6.45, 7) is 1.01. The topological polar surface area (TPSA) is 167 Å². The van der Waals surface area contributed by atoms with E-state index < -0.39 is 37.3 Å². The molecule has 4 N–H and O–H groups in total. The zero-order chi connectivity index (χ0) is 17.1. The molecule has 5 atom stereocenters. The summed E-state index contributed by atoms with van der Waals surface area (Å²) in [7, 11) is 0. The third kappa shape index (κ3) is 6.96. The van der Waals surface area contributed by atoms with Crippen LogP contribution in [0, 0.1) is 0 Å². The van der Waals surface area contributed by atoms with Crippen LogP contribution >= 0.6 is 0 Å². The molecule has 2 unspecified atom stereocenters. The number of nitrogens with zero attached hydrogens (tertiary/aromatic N) is 3. The molecule has 0 saturated carbocycles. The smallest absolute Gasteiger partial charge is 0.186 e. The van der Waals surface area contributed by atoms with Crippen LogP contribution in [0.25, 0.3) is 10.4 Å². The average Bonchev–Trinajstić information content (AvgIpc) is 2.56. The second kappa shape index (κ2) is 11.5. The lowest BCUT2D eigenvalue weighted by molar-refractivity contribution is -0.302. The van der Waals surface area contributed by atoms with Crippen molar-refractivity contribution in [1.82, 2.24) is 0 Å². The van der Waals surface area contributed by atoms with Gasteiger partial charge in [-0.3, -0.25) is 0 Å². The Morgan fingerprint density at radius 3 is 2.26 bits per heavy atom. The quantitative estimate of drug-likeness (QED) is 0.147. The summed E-state index contributed by atoms with van der Waals surface area (Å²) in [5.41, 5.74) is 8.05. The van der Waals surface area contributed by atoms with E-state index in [1.165, 1.54) is 0 Å². The molecule has 11 heteroatoms. The molecule has 1 aliphatic rings. The molecule has 0 aliphatic carbocycles. The summed E-state index contributed by atoms with van der Waals surface area (Å²) in [4.78, 5) is 2.58. The second-order valence-corrected chi connectivity index (χ2v) is 4.75. The minimum absolute atomic E-state index is 0.0847. The van der Waals surface area contributed by atoms with Crippen LogP contribution in [-0.2, 0) is 18.9 Å². The summed E-state index contributed by atoms with van der Waals surface area (Å²) >= 11 is 0. The lowest BCUT2D eigenvalue weighted by Gasteiger charge is -2.39. The van der Waals surface area contributed by atoms with Crippen molar-refractivity contribution in [2.45, 2.75) is 30.7 Å². The second-order valence-electron chi connectivity index (χ2n) is 4.75. The van der Waals surface area contributed by atoms with Crippen LogP contribution in [0.3, 0.4) is 0 Å². The van der Waals surface area contributed by atoms with Crippen LogP contribution in [-0.4, -0.2) is 97.3 Å². The van der Waals surface area contributed by atoms with Gasteiger partial charge in [-0.15, -0.1) is 0 Å². The normalized spacial score (nSPS) is 30.9. The van der Waals surface area contributed by atoms with E-state index in [1.807, 2.05) is 0 Å². The SMILES string of the molecule is [N-]=[N+]=NCCOCCOCCO[C@@H]1OC(CO)[C@H](O)[C@H](O)C1O. The van der Waals surface area contributed by atoms with Gasteiger partial charge in [0.2, 0.25) is 0 Å². The fourth-order valence-electron chi connectivity index (χ4n) is 1.90. The number of rotatable bonds is 11. The molecule has 1 aliphatic heterocycles. The predicted molar refractivity (Wildman–Crippen MR) is 75.4 cm³/mol. The Kier molecular flexibility index (Phi) is 10.0. The molecule has 0 bridgehead atoms. The molecule has 1 saturated heterocycles. The van der Waals surface area contributed by atoms with E-state index in [0.717, 1.165) is 0 Å². The van der Waals surface area contributed by atoms with Gasteiger partial charge < -0.3 is 39.4 Å². The summed E-state index contributed by atoms with van der Waals surface area (Å²) in [5, 5.41) is 41.2. The molecule has 1 heterocycles. The van der Waals surface area contributed by atoms with Crippen LogP contribution in [0.4, 0.5) is 0 Å². The molecule has 23 heavy (non-hydrogen) atoms. The molecule has 0 aromatic heterocycles. The van der Waals surface area contributed by atoms with Crippen molar-refractivity contribution in [1.29, 1.82) is 0 Å². The van der Waals surface area contributed by atoms with Crippen molar-refractivity contribution in [3.05, 3.63) is 10.4 Å². The van der Waals surface area contributed by atoms with Gasteiger partial charge in [-0.2, -0.15) is 0 Å². The van der Waals surface area contributed by atoms with Gasteiger partial charge in [-0.25, -0.2) is 0 Å². The first-order valence-electron chi connectivity index (χ1n) is 7.20. The largest absolute Gasteiger partial charge is 0.394 e. The van der Waals surface area contributed by atoms with Crippen LogP contribution < -0.4 is 0 Å². The molecule has 0 spiro atoms. The lowest BCUT2D eigenvalue weighted by Crippen LogP contribution is -2.59. The van der Waals surface area contributed by atoms with Gasteiger partial charge in [0, 0.05) is 11.5 Å². The predicted octanol–water partition coefficient (Wildman–Crippen LogP) is -1.85. The van der Waals surface area contributed by atoms with Gasteiger partial charge in [0.15, 0.2) is 6.29 Å². The molecular weight excluding hydrogens is 314 g/mol. The summed E-state index contributed by atoms with van der Waals surface area (Å²) in [5.74, 6) is 0. The minimum atomic E-state index is -1.46. The van der Waals surface area contributed by atoms with Crippen molar-refractivity contribution in [2.24, 2.45) is 5.11 Å². The third-order valence-corrected chi connectivity index (χ3v) is 3.13. The molecule has 0 amide bonds. The highest BCUT2D eigenvalue weighted by molar-refractivity contribution is 4.88. The van der Waals surface area contributed by atoms with Crippen molar-refractivity contribution < 1.29 is 39.4 Å². The van der Waals surface area contributed by atoms with E-state index in [1.54, 1.807) is 0 Å². The van der Waals surface area contributed by atoms with Gasteiger partial charge in [0.1, 0.15) is 24.4 Å². The first kappa shape index (κ1) is 20.0. The molecule has 0 radical (unpaired) electrons. The highest BCUT2D eigenvalue weighted by atomic mass is 16.7. The Labute approximate surface area is 133 Å². The molecular formula is C12H23N3O8. The highest BCUT2D eigenvalue weighted by Gasteiger charge is 2.43. The maximum absolute atomic E-state index is 9.73. The summed E-state index contributed by atoms with van der Waals surface area (Å²) in [6, 6.07) is 0. The fraction of sp³-hybridized carbons (Fsp3) is 1.00. The van der Waals surface area contributed by atoms with E-state index in [-0.39, 0.29) is 19.8 Å². The first-order valence-corrected chi connectivity index (χ1v) is 7.20. The monoisotopic (exact) mass is 337 g/mol. The maximum Gasteiger partial charge on any atom is 0.186 e. The van der Waals surface area contributed by atoms with Crippen molar-refractivity contribution in [2.75, 3.05) is 46.2 Å². The summed E-state index contributed by atoms with van der Waals surface area (Å²) in [6.07, 6.45) is -6.44. The number of hydrogen-bond donors (Lipinski definition) is 4. The van der Waals surface area contributed by atoms with Crippen LogP contribution in [0.1, 0.15) is 0 Å². The third-order valence-electron chi connectivity index (χ3n) is 3.13. The zero-order valence-electron chi connectivity index (χ0n) is 12.6. The Balaban J connectivity index is 2.09. The van der Waals surface area contributed by atoms with E-state index in [0.29, 0.717) is 19.8 Å².